The molecule has 4 heteroatoms. The van der Waals surface area contributed by atoms with Crippen molar-refractivity contribution in [3.8, 4) is 0 Å². The smallest absolute Gasteiger partial charge is 0.317 e. The van der Waals surface area contributed by atoms with Crippen LogP contribution in [0.2, 0.25) is 0 Å². The van der Waals surface area contributed by atoms with Crippen LogP contribution in [-0.2, 0) is 13.1 Å². The van der Waals surface area contributed by atoms with Crippen molar-refractivity contribution in [2.24, 2.45) is 0 Å². The maximum Gasteiger partial charge on any atom is 0.317 e. The van der Waals surface area contributed by atoms with Crippen molar-refractivity contribution in [2.45, 2.75) is 19.0 Å². The van der Waals surface area contributed by atoms with Crippen LogP contribution in [-0.4, -0.2) is 22.5 Å². The molecule has 1 aromatic heterocycles. The number of benzene rings is 2. The molecule has 0 fully saturated rings. The first-order chi connectivity index (χ1) is 12.8. The predicted octanol–water partition coefficient (Wildman–Crippen LogP) is 3.94. The van der Waals surface area contributed by atoms with Crippen LogP contribution in [0.4, 0.5) is 4.79 Å². The van der Waals surface area contributed by atoms with Gasteiger partial charge in [0.25, 0.3) is 0 Å². The fourth-order valence-corrected chi connectivity index (χ4v) is 3.52. The summed E-state index contributed by atoms with van der Waals surface area (Å²) < 4.78 is 0. The number of pyridine rings is 1. The monoisotopic (exact) mass is 343 g/mol. The van der Waals surface area contributed by atoms with Crippen molar-refractivity contribution in [3.63, 3.8) is 0 Å². The highest BCUT2D eigenvalue weighted by Crippen LogP contribution is 2.33. The molecule has 1 N–H and O–H groups in total. The summed E-state index contributed by atoms with van der Waals surface area (Å²) in [4.78, 5) is 18.7. The number of hydrogen-bond acceptors (Lipinski definition) is 2. The van der Waals surface area contributed by atoms with Crippen LogP contribution in [0.3, 0.4) is 0 Å². The molecule has 0 saturated heterocycles. The molecule has 4 rings (SSSR count). The van der Waals surface area contributed by atoms with E-state index in [1.54, 1.807) is 12.4 Å². The molecular formula is C22H21N3O. The minimum atomic E-state index is -0.0377. The molecule has 0 spiro atoms. The number of fused-ring (bicyclic) bond motifs is 1. The van der Waals surface area contributed by atoms with Crippen molar-refractivity contribution < 1.29 is 4.79 Å². The molecule has 0 aliphatic carbocycles. The van der Waals surface area contributed by atoms with Crippen LogP contribution in [0.1, 0.15) is 28.2 Å². The van der Waals surface area contributed by atoms with Crippen LogP contribution in [0.5, 0.6) is 0 Å². The number of aromatic nitrogens is 1. The third kappa shape index (κ3) is 3.45. The molecular weight excluding hydrogens is 322 g/mol. The number of rotatable bonds is 3. The number of amides is 2. The summed E-state index contributed by atoms with van der Waals surface area (Å²) in [7, 11) is 0. The van der Waals surface area contributed by atoms with Crippen molar-refractivity contribution in [1.82, 2.24) is 15.2 Å². The van der Waals surface area contributed by atoms with Gasteiger partial charge in [0.15, 0.2) is 0 Å². The quantitative estimate of drug-likeness (QED) is 0.783. The van der Waals surface area contributed by atoms with Crippen LogP contribution >= 0.6 is 0 Å². The second-order valence-corrected chi connectivity index (χ2v) is 6.56. The van der Waals surface area contributed by atoms with E-state index in [1.807, 2.05) is 29.2 Å². The van der Waals surface area contributed by atoms with Gasteiger partial charge in [0, 0.05) is 37.9 Å². The van der Waals surface area contributed by atoms with Gasteiger partial charge in [-0.05, 0) is 28.3 Å². The predicted molar refractivity (Wildman–Crippen MR) is 102 cm³/mol. The summed E-state index contributed by atoms with van der Waals surface area (Å²) >= 11 is 0. The van der Waals surface area contributed by atoms with Crippen molar-refractivity contribution in [3.05, 3.63) is 101 Å². The van der Waals surface area contributed by atoms with Gasteiger partial charge < -0.3 is 10.2 Å². The Morgan fingerprint density at radius 3 is 2.65 bits per heavy atom. The Bertz CT molecular complexity index is 880. The maximum atomic E-state index is 12.8. The van der Waals surface area contributed by atoms with E-state index in [4.69, 9.17) is 0 Å². The number of hydrogen-bond donors (Lipinski definition) is 1. The highest BCUT2D eigenvalue weighted by molar-refractivity contribution is 5.75. The average Bonchev–Trinajstić information content (AvgIpc) is 2.72. The Hall–Kier alpha value is -3.14. The SMILES string of the molecule is O=C(NCc1cccnc1)N1Cc2ccccc2C(c2ccccc2)C1. The van der Waals surface area contributed by atoms with Crippen LogP contribution in [0.25, 0.3) is 0 Å². The van der Waals surface area contributed by atoms with E-state index < -0.39 is 0 Å². The van der Waals surface area contributed by atoms with Gasteiger partial charge in [-0.25, -0.2) is 4.79 Å². The molecule has 4 nitrogen and oxygen atoms in total. The molecule has 2 amide bonds. The van der Waals surface area contributed by atoms with E-state index in [1.165, 1.54) is 16.7 Å². The zero-order valence-corrected chi connectivity index (χ0v) is 14.5. The van der Waals surface area contributed by atoms with Gasteiger partial charge in [-0.1, -0.05) is 60.7 Å². The standard InChI is InChI=1S/C22H21N3O/c26-22(24-14-17-7-6-12-23-13-17)25-15-19-10-4-5-11-20(19)21(16-25)18-8-2-1-3-9-18/h1-13,21H,14-16H2,(H,24,26). The number of carbonyl (C=O) groups excluding carboxylic acids is 1. The Morgan fingerprint density at radius 1 is 1.04 bits per heavy atom. The molecule has 0 saturated carbocycles. The first-order valence-electron chi connectivity index (χ1n) is 8.85. The normalized spacial score (nSPS) is 16.0. The molecule has 2 aromatic carbocycles. The lowest BCUT2D eigenvalue weighted by atomic mass is 9.85. The molecule has 3 aromatic rings. The molecule has 1 atom stereocenters. The largest absolute Gasteiger partial charge is 0.334 e. The summed E-state index contributed by atoms with van der Waals surface area (Å²) in [5.74, 6) is 0.199. The zero-order valence-electron chi connectivity index (χ0n) is 14.5. The highest BCUT2D eigenvalue weighted by atomic mass is 16.2. The highest BCUT2D eigenvalue weighted by Gasteiger charge is 2.28. The van der Waals surface area contributed by atoms with E-state index in [0.717, 1.165) is 5.56 Å². The summed E-state index contributed by atoms with van der Waals surface area (Å²) in [5.41, 5.74) is 4.77. The first-order valence-corrected chi connectivity index (χ1v) is 8.85. The summed E-state index contributed by atoms with van der Waals surface area (Å²) in [6, 6.07) is 22.6. The molecule has 0 radical (unpaired) electrons. The minimum absolute atomic E-state index is 0.0377. The number of nitrogens with one attached hydrogen (secondary N) is 1. The topological polar surface area (TPSA) is 45.2 Å². The van der Waals surface area contributed by atoms with E-state index in [-0.39, 0.29) is 11.9 Å². The number of nitrogens with zero attached hydrogens (tertiary/aromatic N) is 2. The van der Waals surface area contributed by atoms with E-state index >= 15 is 0 Å². The maximum absolute atomic E-state index is 12.8. The van der Waals surface area contributed by atoms with Crippen LogP contribution < -0.4 is 5.32 Å². The van der Waals surface area contributed by atoms with Crippen LogP contribution in [0, 0.1) is 0 Å². The summed E-state index contributed by atoms with van der Waals surface area (Å²) in [5, 5.41) is 3.02. The van der Waals surface area contributed by atoms with Crippen LogP contribution in [0.15, 0.2) is 79.1 Å². The molecule has 26 heavy (non-hydrogen) atoms. The molecule has 1 unspecified atom stereocenters. The van der Waals surface area contributed by atoms with Gasteiger partial charge in [-0.2, -0.15) is 0 Å². The lowest BCUT2D eigenvalue weighted by Gasteiger charge is -2.35. The van der Waals surface area contributed by atoms with E-state index in [2.05, 4.69) is 52.8 Å². The molecule has 1 aliphatic rings. The van der Waals surface area contributed by atoms with E-state index in [9.17, 15) is 4.79 Å². The lowest BCUT2D eigenvalue weighted by molar-refractivity contribution is 0.188. The Kier molecular flexibility index (Phi) is 4.65. The van der Waals surface area contributed by atoms with E-state index in [0.29, 0.717) is 19.6 Å². The van der Waals surface area contributed by atoms with Crippen molar-refractivity contribution >= 4 is 6.03 Å². The van der Waals surface area contributed by atoms with Crippen molar-refractivity contribution in [2.75, 3.05) is 6.54 Å². The lowest BCUT2D eigenvalue weighted by Crippen LogP contribution is -2.44. The van der Waals surface area contributed by atoms with Gasteiger partial charge in [0.05, 0.1) is 0 Å². The second-order valence-electron chi connectivity index (χ2n) is 6.56. The fraction of sp³-hybridized carbons (Fsp3) is 0.182. The van der Waals surface area contributed by atoms with Gasteiger partial charge in [0.1, 0.15) is 0 Å². The number of carbonyl (C=O) groups is 1. The van der Waals surface area contributed by atoms with Gasteiger partial charge in [-0.3, -0.25) is 4.98 Å². The summed E-state index contributed by atoms with van der Waals surface area (Å²) in [6.07, 6.45) is 3.51. The Labute approximate surface area is 153 Å². The zero-order chi connectivity index (χ0) is 17.8. The third-order valence-electron chi connectivity index (χ3n) is 4.85. The minimum Gasteiger partial charge on any atom is -0.334 e. The second kappa shape index (κ2) is 7.40. The number of urea groups is 1. The van der Waals surface area contributed by atoms with Gasteiger partial charge in [-0.15, -0.1) is 0 Å². The Balaban J connectivity index is 1.54. The molecule has 130 valence electrons. The fourth-order valence-electron chi connectivity index (χ4n) is 3.52. The first kappa shape index (κ1) is 16.3. The van der Waals surface area contributed by atoms with Gasteiger partial charge >= 0.3 is 6.03 Å². The molecule has 0 bridgehead atoms. The summed E-state index contributed by atoms with van der Waals surface area (Å²) in [6.45, 7) is 1.80. The van der Waals surface area contributed by atoms with Gasteiger partial charge in [0.2, 0.25) is 0 Å². The average molecular weight is 343 g/mol. The molecule has 2 heterocycles. The van der Waals surface area contributed by atoms with Crippen molar-refractivity contribution in [1.29, 1.82) is 0 Å². The Morgan fingerprint density at radius 2 is 1.85 bits per heavy atom. The third-order valence-corrected chi connectivity index (χ3v) is 4.85. The molecule has 1 aliphatic heterocycles.